The quantitative estimate of drug-likeness (QED) is 0.168. The fraction of sp³-hybridized carbons (Fsp3) is 0.294. The number of nitrogens with zero attached hydrogens (tertiary/aromatic N) is 3. The second-order valence-electron chi connectivity index (χ2n) is 10.9. The number of fused-ring (bicyclic) bond motifs is 1. The minimum absolute atomic E-state index is 0.114. The first-order valence-electron chi connectivity index (χ1n) is 14.8. The Balaban J connectivity index is 1.05. The zero-order valence-corrected chi connectivity index (χ0v) is 24.9. The smallest absolute Gasteiger partial charge is 0.337 e. The zero-order chi connectivity index (χ0) is 31.2. The van der Waals surface area contributed by atoms with Crippen molar-refractivity contribution in [3.05, 3.63) is 89.2 Å². The Labute approximate surface area is 260 Å². The van der Waals surface area contributed by atoms with E-state index in [4.69, 9.17) is 23.6 Å². The predicted octanol–water partition coefficient (Wildman–Crippen LogP) is 5.43. The van der Waals surface area contributed by atoms with E-state index in [1.807, 2.05) is 24.3 Å². The van der Waals surface area contributed by atoms with Crippen LogP contribution in [0, 0.1) is 11.3 Å². The average molecular weight is 608 g/mol. The molecule has 0 saturated carbocycles. The molecule has 230 valence electrons. The third-order valence-corrected chi connectivity index (χ3v) is 7.95. The van der Waals surface area contributed by atoms with Crippen LogP contribution in [-0.4, -0.2) is 56.3 Å². The van der Waals surface area contributed by atoms with Gasteiger partial charge in [-0.05, 0) is 49.2 Å². The number of nitrogens with one attached hydrogen (secondary N) is 2. The summed E-state index contributed by atoms with van der Waals surface area (Å²) in [5.74, 6) is 0.690. The van der Waals surface area contributed by atoms with Crippen LogP contribution in [0.1, 0.15) is 40.7 Å². The highest BCUT2D eigenvalue weighted by molar-refractivity contribution is 5.98. The molecule has 2 aliphatic rings. The lowest BCUT2D eigenvalue weighted by Crippen LogP contribution is -2.33. The van der Waals surface area contributed by atoms with Gasteiger partial charge in [0.25, 0.3) is 0 Å². The van der Waals surface area contributed by atoms with Gasteiger partial charge in [0, 0.05) is 49.7 Å². The Kier molecular flexibility index (Phi) is 8.94. The number of carbonyl (C=O) groups excluding carboxylic acids is 2. The van der Waals surface area contributed by atoms with Crippen LogP contribution in [0.25, 0.3) is 11.0 Å². The maximum Gasteiger partial charge on any atom is 0.337 e. The van der Waals surface area contributed by atoms with Crippen molar-refractivity contribution in [2.45, 2.75) is 32.0 Å². The standard InChI is InChI=1S/C34H33N5O6/c1-42-34(41)23-7-8-28(29(18-23)36-20-26-11-15-43-26)37-31(40)17-22-9-13-39(14-10-22)30-3-2-4-32(38-30)45-21-25-6-5-24(19-35)27-12-16-44-33(25)27/h2-9,12,16,18,26,36H,10-11,13-15,17,20-21H2,1H3,(H,37,40)/t26-/m0/s1. The molecule has 0 radical (unpaired) electrons. The van der Waals surface area contributed by atoms with Gasteiger partial charge in [-0.2, -0.15) is 10.2 Å². The normalized spacial score (nSPS) is 15.9. The monoisotopic (exact) mass is 607 g/mol. The number of benzene rings is 2. The van der Waals surface area contributed by atoms with Crippen molar-refractivity contribution in [1.82, 2.24) is 4.98 Å². The molecule has 2 aromatic carbocycles. The number of amides is 1. The Bertz CT molecular complexity index is 1790. The molecule has 0 bridgehead atoms. The molecule has 1 amide bonds. The summed E-state index contributed by atoms with van der Waals surface area (Å²) in [4.78, 5) is 31.9. The van der Waals surface area contributed by atoms with Gasteiger partial charge in [-0.15, -0.1) is 0 Å². The number of hydrogen-bond acceptors (Lipinski definition) is 10. The summed E-state index contributed by atoms with van der Waals surface area (Å²) < 4.78 is 21.9. The van der Waals surface area contributed by atoms with Gasteiger partial charge in [-0.1, -0.05) is 23.8 Å². The summed E-state index contributed by atoms with van der Waals surface area (Å²) in [7, 11) is 1.34. The van der Waals surface area contributed by atoms with Crippen LogP contribution in [0.3, 0.4) is 0 Å². The first-order chi connectivity index (χ1) is 22.0. The van der Waals surface area contributed by atoms with Crippen molar-refractivity contribution in [3.8, 4) is 11.9 Å². The highest BCUT2D eigenvalue weighted by Crippen LogP contribution is 2.28. The highest BCUT2D eigenvalue weighted by Gasteiger charge is 2.20. The van der Waals surface area contributed by atoms with E-state index in [0.29, 0.717) is 60.0 Å². The highest BCUT2D eigenvalue weighted by atomic mass is 16.5. The van der Waals surface area contributed by atoms with Gasteiger partial charge in [-0.25, -0.2) is 4.79 Å². The van der Waals surface area contributed by atoms with Crippen LogP contribution < -0.4 is 20.3 Å². The number of methoxy groups -OCH3 is 1. The Morgan fingerprint density at radius 3 is 2.80 bits per heavy atom. The fourth-order valence-electron chi connectivity index (χ4n) is 5.34. The van der Waals surface area contributed by atoms with Crippen LogP contribution in [-0.2, 0) is 20.9 Å². The van der Waals surface area contributed by atoms with Gasteiger partial charge >= 0.3 is 5.97 Å². The van der Waals surface area contributed by atoms with Crippen molar-refractivity contribution in [3.63, 3.8) is 0 Å². The minimum atomic E-state index is -0.444. The van der Waals surface area contributed by atoms with Crippen molar-refractivity contribution in [1.29, 1.82) is 5.26 Å². The van der Waals surface area contributed by atoms with Crippen molar-refractivity contribution < 1.29 is 28.2 Å². The summed E-state index contributed by atoms with van der Waals surface area (Å²) in [6.07, 6.45) is 5.70. The number of carbonyl (C=O) groups is 2. The van der Waals surface area contributed by atoms with Crippen LogP contribution in [0.5, 0.6) is 5.88 Å². The molecule has 45 heavy (non-hydrogen) atoms. The molecule has 0 unspecified atom stereocenters. The van der Waals surface area contributed by atoms with Gasteiger partial charge in [0.1, 0.15) is 18.0 Å². The van der Waals surface area contributed by atoms with E-state index in [9.17, 15) is 14.9 Å². The van der Waals surface area contributed by atoms with Crippen LogP contribution in [0.4, 0.5) is 17.2 Å². The fourth-order valence-corrected chi connectivity index (χ4v) is 5.34. The molecule has 11 nitrogen and oxygen atoms in total. The second kappa shape index (κ2) is 13.5. The van der Waals surface area contributed by atoms with Crippen molar-refractivity contribution in [2.75, 3.05) is 48.9 Å². The minimum Gasteiger partial charge on any atom is -0.473 e. The van der Waals surface area contributed by atoms with E-state index in [-0.39, 0.29) is 25.0 Å². The summed E-state index contributed by atoms with van der Waals surface area (Å²) in [5.41, 5.74) is 4.71. The number of nitriles is 1. The number of rotatable bonds is 11. The summed E-state index contributed by atoms with van der Waals surface area (Å²) in [5, 5.41) is 16.4. The maximum absolute atomic E-state index is 13.0. The lowest BCUT2D eigenvalue weighted by molar-refractivity contribution is -0.115. The Morgan fingerprint density at radius 1 is 1.16 bits per heavy atom. The van der Waals surface area contributed by atoms with E-state index in [2.05, 4.69) is 27.7 Å². The van der Waals surface area contributed by atoms with E-state index in [0.717, 1.165) is 35.4 Å². The van der Waals surface area contributed by atoms with Gasteiger partial charge in [-0.3, -0.25) is 4.79 Å². The molecule has 4 heterocycles. The zero-order valence-electron chi connectivity index (χ0n) is 24.9. The molecule has 6 rings (SSSR count). The van der Waals surface area contributed by atoms with E-state index in [1.165, 1.54) is 7.11 Å². The number of esters is 1. The Morgan fingerprint density at radius 2 is 2.04 bits per heavy atom. The van der Waals surface area contributed by atoms with E-state index < -0.39 is 5.97 Å². The molecule has 0 aliphatic carbocycles. The van der Waals surface area contributed by atoms with Crippen molar-refractivity contribution in [2.24, 2.45) is 0 Å². The summed E-state index contributed by atoms with van der Waals surface area (Å²) >= 11 is 0. The molecule has 4 aromatic rings. The van der Waals surface area contributed by atoms with Crippen LogP contribution in [0.15, 0.2) is 76.9 Å². The van der Waals surface area contributed by atoms with E-state index in [1.54, 1.807) is 36.6 Å². The molecule has 1 saturated heterocycles. The third kappa shape index (κ3) is 6.92. The summed E-state index contributed by atoms with van der Waals surface area (Å²) in [6.45, 7) is 2.90. The molecule has 2 aromatic heterocycles. The third-order valence-electron chi connectivity index (χ3n) is 7.95. The number of furan rings is 1. The molecular weight excluding hydrogens is 574 g/mol. The van der Waals surface area contributed by atoms with Gasteiger partial charge in [0.15, 0.2) is 0 Å². The number of hydrogen-bond donors (Lipinski definition) is 2. The molecule has 1 fully saturated rings. The van der Waals surface area contributed by atoms with Gasteiger partial charge in [0.2, 0.25) is 11.8 Å². The molecule has 2 aliphatic heterocycles. The maximum atomic E-state index is 13.0. The number of pyridine rings is 1. The first kappa shape index (κ1) is 29.7. The lowest BCUT2D eigenvalue weighted by atomic mass is 10.0. The Hall–Kier alpha value is -5.34. The molecule has 1 atom stereocenters. The number of aromatic nitrogens is 1. The van der Waals surface area contributed by atoms with Crippen LogP contribution >= 0.6 is 0 Å². The molecular formula is C34H33N5O6. The SMILES string of the molecule is COC(=O)c1ccc(NC(=O)CC2=CCN(c3cccc(OCc4ccc(C#N)c5ccoc45)n3)CC2)c(NC[C@@H]2CCO2)c1. The number of ether oxygens (including phenoxy) is 3. The van der Waals surface area contributed by atoms with Crippen LogP contribution in [0.2, 0.25) is 0 Å². The van der Waals surface area contributed by atoms with Gasteiger partial charge < -0.3 is 34.2 Å². The number of anilines is 3. The largest absolute Gasteiger partial charge is 0.473 e. The topological polar surface area (TPSA) is 139 Å². The van der Waals surface area contributed by atoms with E-state index >= 15 is 0 Å². The molecule has 2 N–H and O–H groups in total. The lowest BCUT2D eigenvalue weighted by Gasteiger charge is -2.28. The first-order valence-corrected chi connectivity index (χ1v) is 14.8. The van der Waals surface area contributed by atoms with Gasteiger partial charge in [0.05, 0.1) is 48.0 Å². The predicted molar refractivity (Wildman–Crippen MR) is 168 cm³/mol. The molecule has 0 spiro atoms. The molecule has 11 heteroatoms. The van der Waals surface area contributed by atoms with Crippen molar-refractivity contribution >= 4 is 40.0 Å². The second-order valence-corrected chi connectivity index (χ2v) is 10.9. The summed E-state index contributed by atoms with van der Waals surface area (Å²) in [6, 6.07) is 18.2. The average Bonchev–Trinajstić information content (AvgIpc) is 3.54.